The number of ether oxygens (including phenoxy) is 2. The Labute approximate surface area is 286 Å². The van der Waals surface area contributed by atoms with Gasteiger partial charge in [-0.3, -0.25) is 9.59 Å². The molecule has 5 heterocycles. The predicted octanol–water partition coefficient (Wildman–Crippen LogP) is 5.14. The van der Waals surface area contributed by atoms with Gasteiger partial charge in [0.2, 0.25) is 5.91 Å². The summed E-state index contributed by atoms with van der Waals surface area (Å²) in [5, 5.41) is 6.06. The Kier molecular flexibility index (Phi) is 9.74. The molecule has 1 atom stereocenters. The first-order valence-corrected chi connectivity index (χ1v) is 16.4. The van der Waals surface area contributed by atoms with Crippen LogP contribution in [0.1, 0.15) is 16.6 Å². The fourth-order valence-corrected chi connectivity index (χ4v) is 6.63. The normalized spacial score (nSPS) is 16.9. The number of carbonyl (C=O) groups excluding carboxylic acids is 2. The number of halogens is 2. The van der Waals surface area contributed by atoms with E-state index >= 15 is 0 Å². The molecule has 0 bridgehead atoms. The number of nitrogens with zero attached hydrogens (tertiary/aromatic N) is 6. The molecular formula is C34H36F2N8O4S. The van der Waals surface area contributed by atoms with E-state index in [0.717, 1.165) is 17.0 Å². The molecule has 0 radical (unpaired) electrons. The minimum atomic E-state index is -1.32. The van der Waals surface area contributed by atoms with Gasteiger partial charge < -0.3 is 34.8 Å². The minimum Gasteiger partial charge on any atom is -0.493 e. The molecule has 4 aromatic rings. The Bertz CT molecular complexity index is 1860. The zero-order valence-electron chi connectivity index (χ0n) is 27.3. The van der Waals surface area contributed by atoms with Crippen LogP contribution in [-0.4, -0.2) is 96.9 Å². The van der Waals surface area contributed by atoms with Crippen LogP contribution in [-0.2, 0) is 9.53 Å². The number of carbonyl (C=O) groups is 2. The molecule has 2 fully saturated rings. The van der Waals surface area contributed by atoms with Gasteiger partial charge in [0.15, 0.2) is 22.5 Å². The lowest BCUT2D eigenvalue weighted by atomic mass is 9.97. The van der Waals surface area contributed by atoms with E-state index in [2.05, 4.69) is 27.1 Å². The molecule has 2 N–H and O–H groups in total. The van der Waals surface area contributed by atoms with E-state index in [1.807, 2.05) is 11.0 Å². The number of pyridine rings is 2. The molecule has 12 nitrogen and oxygen atoms in total. The first-order valence-electron chi connectivity index (χ1n) is 15.5. The number of nitrogens with one attached hydrogen (secondary N) is 2. The highest BCUT2D eigenvalue weighted by atomic mass is 32.1. The van der Waals surface area contributed by atoms with Crippen molar-refractivity contribution >= 4 is 51.3 Å². The molecule has 3 aromatic heterocycles. The average molecular weight is 691 g/mol. The van der Waals surface area contributed by atoms with E-state index in [1.165, 1.54) is 31.5 Å². The molecule has 2 aliphatic heterocycles. The van der Waals surface area contributed by atoms with Crippen molar-refractivity contribution in [3.8, 4) is 17.0 Å². The SMILES string of the molecule is C=CC(=O)N1CCN(c2ncc(-c3ccc(OC)c(Nc4ncc(C(=O)Nc5ccccc5F)s4)n3)cc2N2CC(C)(F)C2)CC1COC. The molecule has 1 unspecified atom stereocenters. The molecule has 256 valence electrons. The summed E-state index contributed by atoms with van der Waals surface area (Å²) >= 11 is 1.07. The van der Waals surface area contributed by atoms with Gasteiger partial charge in [-0.05, 0) is 43.3 Å². The van der Waals surface area contributed by atoms with E-state index < -0.39 is 17.4 Å². The second-order valence-corrected chi connectivity index (χ2v) is 13.0. The fourth-order valence-electron chi connectivity index (χ4n) is 5.92. The largest absolute Gasteiger partial charge is 0.493 e. The summed E-state index contributed by atoms with van der Waals surface area (Å²) in [5.41, 5.74) is 0.758. The first kappa shape index (κ1) is 33.7. The molecule has 2 saturated heterocycles. The first-order chi connectivity index (χ1) is 23.6. The highest BCUT2D eigenvalue weighted by molar-refractivity contribution is 7.17. The van der Waals surface area contributed by atoms with Gasteiger partial charge in [0, 0.05) is 38.5 Å². The Morgan fingerprint density at radius 1 is 1.12 bits per heavy atom. The number of para-hydroxylation sites is 1. The lowest BCUT2D eigenvalue weighted by Gasteiger charge is -2.46. The maximum Gasteiger partial charge on any atom is 0.267 e. The number of aromatic nitrogens is 3. The molecule has 6 rings (SSSR count). The second kappa shape index (κ2) is 14.1. The zero-order chi connectivity index (χ0) is 34.7. The number of methoxy groups -OCH3 is 2. The van der Waals surface area contributed by atoms with Crippen LogP contribution in [0, 0.1) is 5.82 Å². The van der Waals surface area contributed by atoms with Crippen LogP contribution >= 0.6 is 11.3 Å². The smallest absolute Gasteiger partial charge is 0.267 e. The average Bonchev–Trinajstić information content (AvgIpc) is 3.56. The van der Waals surface area contributed by atoms with Crippen molar-refractivity contribution in [2.75, 3.05) is 74.0 Å². The van der Waals surface area contributed by atoms with Crippen molar-refractivity contribution < 1.29 is 27.8 Å². The third kappa shape index (κ3) is 7.32. The zero-order valence-corrected chi connectivity index (χ0v) is 28.1. The van der Waals surface area contributed by atoms with Gasteiger partial charge in [-0.25, -0.2) is 23.7 Å². The van der Waals surface area contributed by atoms with E-state index in [4.69, 9.17) is 19.4 Å². The standard InChI is InChI=1S/C34H36F2N8O4S/c1-5-29(45)44-13-12-42(17-22(44)18-47-3)31-26(43-19-34(2,36)20-43)14-21(15-37-31)24-10-11-27(48-4)30(39-24)41-33-38-16-28(49-33)32(46)40-25-9-7-6-8-23(25)35/h5-11,14-16,22H,1,12-13,17-20H2,2-4H3,(H,40,46)(H,38,39,41). The Hall–Kier alpha value is -5.15. The van der Waals surface area contributed by atoms with Crippen LogP contribution < -0.4 is 25.2 Å². The number of amides is 2. The van der Waals surface area contributed by atoms with E-state index in [9.17, 15) is 18.4 Å². The summed E-state index contributed by atoms with van der Waals surface area (Å²) in [6, 6.07) is 11.2. The van der Waals surface area contributed by atoms with Gasteiger partial charge in [0.25, 0.3) is 5.91 Å². The Balaban J connectivity index is 1.26. The van der Waals surface area contributed by atoms with Gasteiger partial charge in [0.1, 0.15) is 16.4 Å². The van der Waals surface area contributed by atoms with Crippen LogP contribution in [0.2, 0.25) is 0 Å². The second-order valence-electron chi connectivity index (χ2n) is 12.0. The summed E-state index contributed by atoms with van der Waals surface area (Å²) in [7, 11) is 3.11. The van der Waals surface area contributed by atoms with E-state index in [0.29, 0.717) is 60.0 Å². The van der Waals surface area contributed by atoms with Crippen molar-refractivity contribution in [3.05, 3.63) is 78.2 Å². The highest BCUT2D eigenvalue weighted by Gasteiger charge is 2.41. The number of thiazole rings is 1. The van der Waals surface area contributed by atoms with Gasteiger partial charge >= 0.3 is 0 Å². The van der Waals surface area contributed by atoms with Crippen molar-refractivity contribution in [2.45, 2.75) is 18.6 Å². The molecule has 1 aromatic carbocycles. The molecule has 0 spiro atoms. The van der Waals surface area contributed by atoms with Crippen molar-refractivity contribution in [2.24, 2.45) is 0 Å². The van der Waals surface area contributed by atoms with Gasteiger partial charge in [-0.1, -0.05) is 30.0 Å². The predicted molar refractivity (Wildman–Crippen MR) is 185 cm³/mol. The van der Waals surface area contributed by atoms with Crippen LogP contribution in [0.5, 0.6) is 5.75 Å². The maximum atomic E-state index is 14.8. The van der Waals surface area contributed by atoms with Gasteiger partial charge in [0.05, 0.1) is 56.1 Å². The molecule has 2 amide bonds. The number of benzene rings is 1. The summed E-state index contributed by atoms with van der Waals surface area (Å²) < 4.78 is 39.8. The molecule has 2 aliphatic rings. The summed E-state index contributed by atoms with van der Waals surface area (Å²) in [5.74, 6) is 0.277. The highest BCUT2D eigenvalue weighted by Crippen LogP contribution is 2.39. The maximum absolute atomic E-state index is 14.8. The van der Waals surface area contributed by atoms with Crippen molar-refractivity contribution in [3.63, 3.8) is 0 Å². The Morgan fingerprint density at radius 3 is 2.63 bits per heavy atom. The minimum absolute atomic E-state index is 0.0691. The number of piperazine rings is 1. The van der Waals surface area contributed by atoms with E-state index in [-0.39, 0.29) is 35.6 Å². The molecular weight excluding hydrogens is 654 g/mol. The van der Waals surface area contributed by atoms with Crippen LogP contribution in [0.15, 0.2) is 67.5 Å². The van der Waals surface area contributed by atoms with Crippen LogP contribution in [0.3, 0.4) is 0 Å². The lowest BCUT2D eigenvalue weighted by molar-refractivity contribution is -0.129. The van der Waals surface area contributed by atoms with Crippen LogP contribution in [0.25, 0.3) is 11.3 Å². The molecule has 0 saturated carbocycles. The number of anilines is 5. The van der Waals surface area contributed by atoms with Crippen molar-refractivity contribution in [1.29, 1.82) is 0 Å². The summed E-state index contributed by atoms with van der Waals surface area (Å²) in [6.45, 7) is 7.44. The number of hydrogen-bond donors (Lipinski definition) is 2. The van der Waals surface area contributed by atoms with Crippen LogP contribution in [0.4, 0.5) is 36.9 Å². The quantitative estimate of drug-likeness (QED) is 0.205. The summed E-state index contributed by atoms with van der Waals surface area (Å²) in [4.78, 5) is 45.3. The van der Waals surface area contributed by atoms with Gasteiger partial charge in [-0.2, -0.15) is 0 Å². The summed E-state index contributed by atoms with van der Waals surface area (Å²) in [6.07, 6.45) is 4.42. The number of hydrogen-bond acceptors (Lipinski definition) is 11. The topological polar surface area (TPSA) is 125 Å². The molecule has 0 aliphatic carbocycles. The number of rotatable bonds is 11. The monoisotopic (exact) mass is 690 g/mol. The van der Waals surface area contributed by atoms with Crippen molar-refractivity contribution in [1.82, 2.24) is 19.9 Å². The third-order valence-electron chi connectivity index (χ3n) is 8.28. The van der Waals surface area contributed by atoms with E-state index in [1.54, 1.807) is 49.4 Å². The van der Waals surface area contributed by atoms with Gasteiger partial charge in [-0.15, -0.1) is 0 Å². The Morgan fingerprint density at radius 2 is 1.92 bits per heavy atom. The fraction of sp³-hybridized carbons (Fsp3) is 0.324. The third-order valence-corrected chi connectivity index (χ3v) is 9.19. The molecule has 15 heteroatoms. The lowest BCUT2D eigenvalue weighted by Crippen LogP contribution is -2.59. The molecule has 49 heavy (non-hydrogen) atoms. The number of alkyl halides is 1.